The van der Waals surface area contributed by atoms with Gasteiger partial charge in [-0.25, -0.2) is 4.98 Å². The van der Waals surface area contributed by atoms with Gasteiger partial charge in [0, 0.05) is 36.4 Å². The molecule has 160 valence electrons. The number of rotatable bonds is 5. The number of ketones is 1. The minimum Gasteiger partial charge on any atom is -0.480 e. The van der Waals surface area contributed by atoms with Gasteiger partial charge in [0.05, 0.1) is 6.10 Å². The number of fused-ring (bicyclic) bond motifs is 1. The number of Topliss-reactive ketones (excluding diaryl/α,β-unsaturated/α-hetero) is 1. The highest BCUT2D eigenvalue weighted by atomic mass is 16.5. The summed E-state index contributed by atoms with van der Waals surface area (Å²) in [4.78, 5) is 35.1. The van der Waals surface area contributed by atoms with E-state index in [0.29, 0.717) is 30.2 Å². The van der Waals surface area contributed by atoms with Crippen LogP contribution in [0.25, 0.3) is 17.1 Å². The SMILES string of the molecule is CCC(O)C1(C(=O)O)C(=O)/C(=C/c2c[nH]c3ncccc23)OC1N1CCC(C)CC1. The summed E-state index contributed by atoms with van der Waals surface area (Å²) >= 11 is 0. The second-order valence-corrected chi connectivity index (χ2v) is 8.27. The lowest BCUT2D eigenvalue weighted by atomic mass is 9.75. The highest BCUT2D eigenvalue weighted by Crippen LogP contribution is 2.45. The Bertz CT molecular complexity index is 992. The maximum Gasteiger partial charge on any atom is 0.325 e. The van der Waals surface area contributed by atoms with Gasteiger partial charge in [-0.05, 0) is 43.4 Å². The Labute approximate surface area is 174 Å². The largest absolute Gasteiger partial charge is 0.480 e. The molecule has 3 unspecified atom stereocenters. The van der Waals surface area contributed by atoms with Crippen LogP contribution in [0.4, 0.5) is 0 Å². The first-order chi connectivity index (χ1) is 14.4. The van der Waals surface area contributed by atoms with Gasteiger partial charge in [-0.1, -0.05) is 13.8 Å². The Morgan fingerprint density at radius 1 is 1.47 bits per heavy atom. The Hall–Kier alpha value is -2.71. The number of nitrogens with one attached hydrogen (secondary N) is 1. The summed E-state index contributed by atoms with van der Waals surface area (Å²) in [5, 5.41) is 21.7. The maximum atomic E-state index is 13.5. The van der Waals surface area contributed by atoms with Gasteiger partial charge in [-0.15, -0.1) is 0 Å². The number of pyridine rings is 1. The summed E-state index contributed by atoms with van der Waals surface area (Å²) in [6.45, 7) is 5.06. The fourth-order valence-electron chi connectivity index (χ4n) is 4.53. The molecule has 0 saturated carbocycles. The fourth-order valence-corrected chi connectivity index (χ4v) is 4.53. The van der Waals surface area contributed by atoms with E-state index in [0.717, 1.165) is 18.2 Å². The number of aliphatic carboxylic acids is 1. The number of allylic oxidation sites excluding steroid dienone is 1. The molecule has 0 amide bonds. The van der Waals surface area contributed by atoms with Gasteiger partial charge < -0.3 is 19.9 Å². The molecule has 2 aromatic rings. The molecule has 2 saturated heterocycles. The number of aromatic nitrogens is 2. The monoisotopic (exact) mass is 413 g/mol. The topological polar surface area (TPSA) is 116 Å². The van der Waals surface area contributed by atoms with Crippen LogP contribution < -0.4 is 0 Å². The van der Waals surface area contributed by atoms with Crippen LogP contribution in [-0.4, -0.2) is 62.3 Å². The van der Waals surface area contributed by atoms with Gasteiger partial charge in [0.2, 0.25) is 11.2 Å². The van der Waals surface area contributed by atoms with E-state index >= 15 is 0 Å². The third-order valence-electron chi connectivity index (χ3n) is 6.41. The van der Waals surface area contributed by atoms with E-state index in [9.17, 15) is 19.8 Å². The summed E-state index contributed by atoms with van der Waals surface area (Å²) in [7, 11) is 0. The van der Waals surface area contributed by atoms with Gasteiger partial charge >= 0.3 is 5.97 Å². The normalized spacial score (nSPS) is 28.2. The van der Waals surface area contributed by atoms with Crippen LogP contribution in [0.5, 0.6) is 0 Å². The quantitative estimate of drug-likeness (QED) is 0.509. The molecule has 2 aliphatic heterocycles. The fraction of sp³-hybridized carbons (Fsp3) is 0.500. The summed E-state index contributed by atoms with van der Waals surface area (Å²) < 4.78 is 6.03. The van der Waals surface area contributed by atoms with E-state index in [1.807, 2.05) is 11.0 Å². The van der Waals surface area contributed by atoms with E-state index in [1.54, 1.807) is 31.5 Å². The number of hydrogen-bond donors (Lipinski definition) is 3. The van der Waals surface area contributed by atoms with Gasteiger partial charge in [0.15, 0.2) is 12.0 Å². The van der Waals surface area contributed by atoms with Crippen molar-refractivity contribution in [3.8, 4) is 0 Å². The lowest BCUT2D eigenvalue weighted by molar-refractivity contribution is -0.178. The number of carboxylic acids is 1. The predicted molar refractivity (Wildman–Crippen MR) is 110 cm³/mol. The van der Waals surface area contributed by atoms with Crippen LogP contribution in [0.1, 0.15) is 38.7 Å². The molecular weight excluding hydrogens is 386 g/mol. The molecule has 3 N–H and O–H groups in total. The number of nitrogens with zero attached hydrogens (tertiary/aromatic N) is 2. The predicted octanol–water partition coefficient (Wildman–Crippen LogP) is 2.40. The van der Waals surface area contributed by atoms with E-state index in [2.05, 4.69) is 16.9 Å². The molecule has 3 atom stereocenters. The average molecular weight is 413 g/mol. The van der Waals surface area contributed by atoms with Crippen LogP contribution in [-0.2, 0) is 14.3 Å². The standard InChI is InChI=1S/C22H27N3O5/c1-3-17(26)22(21(28)29)18(27)16(30-20(22)25-9-6-13(2)7-10-25)11-14-12-24-19-15(14)5-4-8-23-19/h4-5,8,11-13,17,20,26H,3,6-7,9-10H2,1-2H3,(H,23,24)(H,28,29)/b16-11-. The van der Waals surface area contributed by atoms with Crippen LogP contribution in [0.3, 0.4) is 0 Å². The molecule has 2 fully saturated rings. The molecule has 30 heavy (non-hydrogen) atoms. The second kappa shape index (κ2) is 7.85. The number of ether oxygens (including phenoxy) is 1. The summed E-state index contributed by atoms with van der Waals surface area (Å²) in [6.07, 6.45) is 4.42. The number of carbonyl (C=O) groups excluding carboxylic acids is 1. The summed E-state index contributed by atoms with van der Waals surface area (Å²) in [5.41, 5.74) is -0.708. The van der Waals surface area contributed by atoms with Gasteiger partial charge in [0.1, 0.15) is 5.65 Å². The third kappa shape index (κ3) is 3.11. The van der Waals surface area contributed by atoms with Gasteiger partial charge in [0.25, 0.3) is 0 Å². The zero-order chi connectivity index (χ0) is 21.5. The molecule has 0 radical (unpaired) electrons. The maximum absolute atomic E-state index is 13.5. The number of H-pyrrole nitrogens is 1. The Kier molecular flexibility index (Phi) is 5.38. The Balaban J connectivity index is 1.79. The van der Waals surface area contributed by atoms with Crippen molar-refractivity contribution in [3.05, 3.63) is 35.8 Å². The van der Waals surface area contributed by atoms with Crippen molar-refractivity contribution in [2.45, 2.75) is 45.4 Å². The molecule has 4 heterocycles. The van der Waals surface area contributed by atoms with E-state index < -0.39 is 29.5 Å². The molecule has 4 rings (SSSR count). The number of carboxylic acid groups (broad SMARTS) is 1. The molecule has 0 aliphatic carbocycles. The van der Waals surface area contributed by atoms with Crippen molar-refractivity contribution < 1.29 is 24.5 Å². The summed E-state index contributed by atoms with van der Waals surface area (Å²) in [6, 6.07) is 3.65. The van der Waals surface area contributed by atoms with Gasteiger partial charge in [-0.3, -0.25) is 14.5 Å². The van der Waals surface area contributed by atoms with Crippen molar-refractivity contribution in [2.75, 3.05) is 13.1 Å². The lowest BCUT2D eigenvalue weighted by Gasteiger charge is -2.40. The molecule has 0 spiro atoms. The van der Waals surface area contributed by atoms with Crippen LogP contribution >= 0.6 is 0 Å². The molecular formula is C22H27N3O5. The molecule has 2 aromatic heterocycles. The van der Waals surface area contributed by atoms with Gasteiger partial charge in [-0.2, -0.15) is 0 Å². The number of likely N-dealkylation sites (tertiary alicyclic amines) is 1. The third-order valence-corrected chi connectivity index (χ3v) is 6.41. The number of carbonyl (C=O) groups is 2. The number of piperidine rings is 1. The van der Waals surface area contributed by atoms with Crippen molar-refractivity contribution in [3.63, 3.8) is 0 Å². The zero-order valence-corrected chi connectivity index (χ0v) is 17.2. The summed E-state index contributed by atoms with van der Waals surface area (Å²) in [5.74, 6) is -1.55. The first-order valence-corrected chi connectivity index (χ1v) is 10.4. The van der Waals surface area contributed by atoms with Crippen molar-refractivity contribution in [1.29, 1.82) is 0 Å². The highest BCUT2D eigenvalue weighted by Gasteiger charge is 2.66. The smallest absolute Gasteiger partial charge is 0.325 e. The minimum absolute atomic E-state index is 0.0433. The Morgan fingerprint density at radius 3 is 2.87 bits per heavy atom. The van der Waals surface area contributed by atoms with Crippen LogP contribution in [0.15, 0.2) is 30.3 Å². The van der Waals surface area contributed by atoms with E-state index in [1.165, 1.54) is 0 Å². The molecule has 2 aliphatic rings. The molecule has 8 heteroatoms. The first-order valence-electron chi connectivity index (χ1n) is 10.4. The lowest BCUT2D eigenvalue weighted by Crippen LogP contribution is -2.59. The molecule has 0 bridgehead atoms. The molecule has 8 nitrogen and oxygen atoms in total. The second-order valence-electron chi connectivity index (χ2n) is 8.27. The highest BCUT2D eigenvalue weighted by molar-refractivity contribution is 6.15. The molecule has 0 aromatic carbocycles. The number of hydrogen-bond acceptors (Lipinski definition) is 6. The van der Waals surface area contributed by atoms with Crippen LogP contribution in [0, 0.1) is 11.3 Å². The first kappa shape index (κ1) is 20.6. The number of aliphatic hydroxyl groups excluding tert-OH is 1. The van der Waals surface area contributed by atoms with Crippen molar-refractivity contribution in [1.82, 2.24) is 14.9 Å². The van der Waals surface area contributed by atoms with E-state index in [4.69, 9.17) is 4.74 Å². The van der Waals surface area contributed by atoms with Crippen molar-refractivity contribution >= 4 is 28.9 Å². The van der Waals surface area contributed by atoms with Crippen molar-refractivity contribution in [2.24, 2.45) is 11.3 Å². The number of aromatic amines is 1. The average Bonchev–Trinajstić information content (AvgIpc) is 3.28. The zero-order valence-electron chi connectivity index (χ0n) is 17.2. The Morgan fingerprint density at radius 2 is 2.20 bits per heavy atom. The van der Waals surface area contributed by atoms with Crippen LogP contribution in [0.2, 0.25) is 0 Å². The van der Waals surface area contributed by atoms with E-state index in [-0.39, 0.29) is 12.2 Å². The minimum atomic E-state index is -2.05. The number of aliphatic hydroxyl groups is 1.